The standard InChI is InChI=1S/C21H26ClF2NO4S/c1-10(2)16-13(17(11(3)4)20(24)18(22)19(16)23)8-14(26)25-30(28)15-7-12(9-29-15)21(5,6)27/h7,9-11,27H,8H2,1-6H3,(H,25,26). The molecular formula is C21H26ClF2NO4S. The Bertz CT molecular complexity index is 945. The number of hydrogen-bond donors (Lipinski definition) is 2. The molecule has 0 saturated heterocycles. The van der Waals surface area contributed by atoms with Gasteiger partial charge in [0.1, 0.15) is 16.7 Å². The summed E-state index contributed by atoms with van der Waals surface area (Å²) in [5, 5.41) is 9.33. The first-order chi connectivity index (χ1) is 13.8. The average Bonchev–Trinajstić information content (AvgIpc) is 3.09. The lowest BCUT2D eigenvalue weighted by molar-refractivity contribution is -0.118. The smallest absolute Gasteiger partial charge is 0.236 e. The molecular weight excluding hydrogens is 436 g/mol. The van der Waals surface area contributed by atoms with Gasteiger partial charge in [-0.15, -0.1) is 0 Å². The number of carbonyl (C=O) groups excluding carboxylic acids is 1. The summed E-state index contributed by atoms with van der Waals surface area (Å²) in [6.45, 7) is 9.95. The fourth-order valence-corrected chi connectivity index (χ4v) is 4.17. The van der Waals surface area contributed by atoms with Gasteiger partial charge in [-0.3, -0.25) is 9.52 Å². The third-order valence-corrected chi connectivity index (χ3v) is 6.00. The average molecular weight is 462 g/mol. The van der Waals surface area contributed by atoms with Crippen molar-refractivity contribution in [2.45, 2.75) is 70.5 Å². The van der Waals surface area contributed by atoms with Crippen molar-refractivity contribution in [3.05, 3.63) is 51.2 Å². The largest absolute Gasteiger partial charge is 0.453 e. The summed E-state index contributed by atoms with van der Waals surface area (Å²) < 4.78 is 49.3. The highest BCUT2D eigenvalue weighted by Crippen LogP contribution is 2.37. The van der Waals surface area contributed by atoms with Crippen LogP contribution in [0.15, 0.2) is 21.8 Å². The quantitative estimate of drug-likeness (QED) is 0.564. The van der Waals surface area contributed by atoms with E-state index in [0.29, 0.717) is 5.56 Å². The second-order valence-corrected chi connectivity index (χ2v) is 9.76. The third-order valence-electron chi connectivity index (χ3n) is 4.67. The maximum absolute atomic E-state index is 14.7. The van der Waals surface area contributed by atoms with Gasteiger partial charge in [-0.2, -0.15) is 0 Å². The molecule has 166 valence electrons. The first-order valence-corrected chi connectivity index (χ1v) is 11.0. The fourth-order valence-electron chi connectivity index (χ4n) is 3.22. The van der Waals surface area contributed by atoms with E-state index in [1.54, 1.807) is 27.7 Å². The zero-order chi connectivity index (χ0) is 23.0. The van der Waals surface area contributed by atoms with Crippen LogP contribution >= 0.6 is 11.6 Å². The van der Waals surface area contributed by atoms with E-state index in [9.17, 15) is 22.9 Å². The molecule has 1 aromatic carbocycles. The van der Waals surface area contributed by atoms with Gasteiger partial charge in [0.15, 0.2) is 11.0 Å². The Morgan fingerprint density at radius 3 is 2.10 bits per heavy atom. The lowest BCUT2D eigenvalue weighted by Crippen LogP contribution is -2.28. The van der Waals surface area contributed by atoms with Gasteiger partial charge < -0.3 is 9.52 Å². The summed E-state index contributed by atoms with van der Waals surface area (Å²) in [7, 11) is -2.04. The van der Waals surface area contributed by atoms with Gasteiger partial charge in [-0.25, -0.2) is 13.0 Å². The molecule has 0 bridgehead atoms. The Morgan fingerprint density at radius 1 is 1.20 bits per heavy atom. The van der Waals surface area contributed by atoms with Crippen LogP contribution in [0.2, 0.25) is 5.02 Å². The molecule has 0 aliphatic rings. The minimum absolute atomic E-state index is 0.0536. The van der Waals surface area contributed by atoms with Crippen molar-refractivity contribution in [2.75, 3.05) is 0 Å². The van der Waals surface area contributed by atoms with Gasteiger partial charge in [-0.05, 0) is 42.4 Å². The van der Waals surface area contributed by atoms with Gasteiger partial charge in [0.05, 0.1) is 18.3 Å². The Labute approximate surface area is 182 Å². The van der Waals surface area contributed by atoms with Crippen LogP contribution in [0.25, 0.3) is 0 Å². The molecule has 1 amide bonds. The van der Waals surface area contributed by atoms with Crippen LogP contribution in [0.1, 0.15) is 75.6 Å². The van der Waals surface area contributed by atoms with Gasteiger partial charge >= 0.3 is 0 Å². The van der Waals surface area contributed by atoms with Crippen LogP contribution in [-0.4, -0.2) is 15.2 Å². The summed E-state index contributed by atoms with van der Waals surface area (Å²) in [5.74, 6) is -3.18. The number of nitrogens with one attached hydrogen (secondary N) is 1. The molecule has 0 saturated carbocycles. The first kappa shape index (κ1) is 24.5. The lowest BCUT2D eigenvalue weighted by atomic mass is 9.86. The van der Waals surface area contributed by atoms with Crippen molar-refractivity contribution in [1.82, 2.24) is 4.72 Å². The molecule has 2 N–H and O–H groups in total. The number of amides is 1. The highest BCUT2D eigenvalue weighted by Gasteiger charge is 2.28. The van der Waals surface area contributed by atoms with Crippen molar-refractivity contribution in [1.29, 1.82) is 0 Å². The third kappa shape index (κ3) is 5.10. The zero-order valence-corrected chi connectivity index (χ0v) is 19.3. The predicted molar refractivity (Wildman–Crippen MR) is 112 cm³/mol. The Morgan fingerprint density at radius 2 is 1.70 bits per heavy atom. The Balaban J connectivity index is 2.36. The number of aliphatic hydroxyl groups is 1. The number of halogens is 3. The highest BCUT2D eigenvalue weighted by molar-refractivity contribution is 7.83. The lowest BCUT2D eigenvalue weighted by Gasteiger charge is -2.22. The number of carbonyl (C=O) groups is 1. The summed E-state index contributed by atoms with van der Waals surface area (Å²) in [4.78, 5) is 12.6. The van der Waals surface area contributed by atoms with E-state index in [1.165, 1.54) is 26.2 Å². The molecule has 30 heavy (non-hydrogen) atoms. The zero-order valence-electron chi connectivity index (χ0n) is 17.7. The van der Waals surface area contributed by atoms with E-state index in [4.69, 9.17) is 16.0 Å². The molecule has 0 fully saturated rings. The van der Waals surface area contributed by atoms with Crippen molar-refractivity contribution >= 4 is 28.5 Å². The highest BCUT2D eigenvalue weighted by atomic mass is 35.5. The van der Waals surface area contributed by atoms with Gasteiger partial charge in [0, 0.05) is 11.6 Å². The van der Waals surface area contributed by atoms with E-state index in [1.807, 2.05) is 0 Å². The SMILES string of the molecule is CC(C)c1c(F)c(Cl)c(F)c(C(C)C)c1CC(=O)NS(=O)c1cc(C(C)(C)O)co1. The van der Waals surface area contributed by atoms with Crippen LogP contribution in [0.5, 0.6) is 0 Å². The Hall–Kier alpha value is -1.77. The molecule has 5 nitrogen and oxygen atoms in total. The molecule has 0 radical (unpaired) electrons. The molecule has 1 aromatic heterocycles. The number of furan rings is 1. The van der Waals surface area contributed by atoms with Gasteiger partial charge in [0.25, 0.3) is 0 Å². The second-order valence-electron chi connectivity index (χ2n) is 8.24. The minimum Gasteiger partial charge on any atom is -0.453 e. The van der Waals surface area contributed by atoms with Crippen molar-refractivity contribution in [3.8, 4) is 0 Å². The second kappa shape index (κ2) is 9.16. The van der Waals surface area contributed by atoms with Crippen LogP contribution < -0.4 is 4.72 Å². The summed E-state index contributed by atoms with van der Waals surface area (Å²) in [6, 6.07) is 1.37. The maximum atomic E-state index is 14.7. The number of rotatable bonds is 7. The fraction of sp³-hybridized carbons (Fsp3) is 0.476. The predicted octanol–water partition coefficient (Wildman–Crippen LogP) is 5.07. The molecule has 1 heterocycles. The number of benzene rings is 1. The van der Waals surface area contributed by atoms with Crippen molar-refractivity contribution in [3.63, 3.8) is 0 Å². The van der Waals surface area contributed by atoms with Crippen LogP contribution in [-0.2, 0) is 27.8 Å². The van der Waals surface area contributed by atoms with Gasteiger partial charge in [-0.1, -0.05) is 39.3 Å². The van der Waals surface area contributed by atoms with E-state index in [-0.39, 0.29) is 40.0 Å². The molecule has 2 rings (SSSR count). The minimum atomic E-state index is -2.04. The van der Waals surface area contributed by atoms with Crippen molar-refractivity contribution in [2.24, 2.45) is 0 Å². The summed E-state index contributed by atoms with van der Waals surface area (Å²) >= 11 is 5.86. The van der Waals surface area contributed by atoms with Crippen LogP contribution in [0, 0.1) is 11.6 Å². The van der Waals surface area contributed by atoms with Gasteiger partial charge in [0.2, 0.25) is 11.0 Å². The molecule has 0 spiro atoms. The van der Waals surface area contributed by atoms with E-state index in [0.717, 1.165) is 0 Å². The van der Waals surface area contributed by atoms with E-state index in [2.05, 4.69) is 4.72 Å². The monoisotopic (exact) mass is 461 g/mol. The molecule has 2 aromatic rings. The van der Waals surface area contributed by atoms with Crippen LogP contribution in [0.4, 0.5) is 8.78 Å². The maximum Gasteiger partial charge on any atom is 0.236 e. The normalized spacial score (nSPS) is 13.2. The molecule has 9 heteroatoms. The molecule has 0 aliphatic heterocycles. The molecule has 0 aliphatic carbocycles. The first-order valence-electron chi connectivity index (χ1n) is 9.47. The topological polar surface area (TPSA) is 79.5 Å². The summed E-state index contributed by atoms with van der Waals surface area (Å²) in [5.41, 5.74) is -0.287. The molecule has 1 atom stereocenters. The summed E-state index contributed by atoms with van der Waals surface area (Å²) in [6.07, 6.45) is 0.869. The van der Waals surface area contributed by atoms with Crippen molar-refractivity contribution < 1.29 is 27.3 Å². The number of hydrogen-bond acceptors (Lipinski definition) is 4. The van der Waals surface area contributed by atoms with E-state index < -0.39 is 39.2 Å². The van der Waals surface area contributed by atoms with E-state index >= 15 is 0 Å². The van der Waals surface area contributed by atoms with Crippen LogP contribution in [0.3, 0.4) is 0 Å². The molecule has 1 unspecified atom stereocenters. The Kier molecular flexibility index (Phi) is 7.48.